The lowest BCUT2D eigenvalue weighted by atomic mass is 10.1. The highest BCUT2D eigenvalue weighted by Crippen LogP contribution is 2.05. The molecule has 0 spiro atoms. The van der Waals surface area contributed by atoms with Crippen molar-refractivity contribution in [3.05, 3.63) is 12.7 Å². The molecule has 0 aliphatic heterocycles. The van der Waals surface area contributed by atoms with Crippen LogP contribution < -0.4 is 5.32 Å². The molecule has 0 aromatic rings. The Morgan fingerprint density at radius 2 is 1.73 bits per heavy atom. The molecule has 0 aliphatic carbocycles. The van der Waals surface area contributed by atoms with Gasteiger partial charge in [-0.2, -0.15) is 11.8 Å². The molecule has 22 heavy (non-hydrogen) atoms. The first kappa shape index (κ1) is 23.3. The summed E-state index contributed by atoms with van der Waals surface area (Å²) in [5.41, 5.74) is 0. The third-order valence-corrected chi connectivity index (χ3v) is 3.65. The molecule has 0 saturated carbocycles. The maximum absolute atomic E-state index is 10.9. The molecule has 3 N–H and O–H groups in total. The lowest BCUT2D eigenvalue weighted by Gasteiger charge is -2.13. The Morgan fingerprint density at radius 1 is 1.18 bits per heavy atom. The Kier molecular flexibility index (Phi) is 19.1. The van der Waals surface area contributed by atoms with Gasteiger partial charge < -0.3 is 15.5 Å². The minimum Gasteiger partial charge on any atom is -0.480 e. The highest BCUT2D eigenvalue weighted by atomic mass is 32.2. The van der Waals surface area contributed by atoms with Crippen molar-refractivity contribution < 1.29 is 19.8 Å². The van der Waals surface area contributed by atoms with Crippen LogP contribution in [0.2, 0.25) is 0 Å². The number of rotatable bonds is 13. The van der Waals surface area contributed by atoms with Gasteiger partial charge in [-0.1, -0.05) is 45.6 Å². The zero-order valence-corrected chi connectivity index (χ0v) is 14.7. The Morgan fingerprint density at radius 3 is 2.18 bits per heavy atom. The average Bonchev–Trinajstić information content (AvgIpc) is 2.49. The molecule has 0 aromatic carbocycles. The molecule has 6 heteroatoms. The summed E-state index contributed by atoms with van der Waals surface area (Å²) in [6.45, 7) is 6.00. The summed E-state index contributed by atoms with van der Waals surface area (Å²) in [5.74, 6) is -0.796. The van der Waals surface area contributed by atoms with E-state index in [2.05, 4.69) is 18.8 Å². The van der Waals surface area contributed by atoms with E-state index >= 15 is 0 Å². The molecule has 0 saturated heterocycles. The number of thioether (sulfide) groups is 1. The summed E-state index contributed by atoms with van der Waals surface area (Å²) in [6.07, 6.45) is 11.0. The number of carboxylic acids is 2. The second kappa shape index (κ2) is 18.0. The number of unbranched alkanes of at least 4 members (excludes halogenated alkanes) is 5. The standard InChI is InChI=1S/C13H27NO2S.C3H4O2/c1-3-4-5-6-7-8-10-14-12(13(15)16)9-11-17-2;1-2-3(4)5/h12,14H,3-11H2,1-2H3,(H,15,16);2H,1H2,(H,4,5)/t12-;/m0./s1. The number of carboxylic acid groups (broad SMARTS) is 2. The van der Waals surface area contributed by atoms with E-state index in [0.717, 1.165) is 24.8 Å². The quantitative estimate of drug-likeness (QED) is 0.354. The predicted molar refractivity (Wildman–Crippen MR) is 93.6 cm³/mol. The first-order valence-electron chi connectivity index (χ1n) is 7.80. The maximum Gasteiger partial charge on any atom is 0.327 e. The van der Waals surface area contributed by atoms with Gasteiger partial charge in [0.15, 0.2) is 0 Å². The Labute approximate surface area is 138 Å². The van der Waals surface area contributed by atoms with E-state index in [1.54, 1.807) is 11.8 Å². The Bertz CT molecular complexity index is 298. The van der Waals surface area contributed by atoms with Crippen LogP contribution in [-0.4, -0.2) is 46.7 Å². The monoisotopic (exact) mass is 333 g/mol. The van der Waals surface area contributed by atoms with Crippen LogP contribution in [0.4, 0.5) is 0 Å². The molecule has 1 atom stereocenters. The van der Waals surface area contributed by atoms with Crippen LogP contribution in [0.15, 0.2) is 12.7 Å². The van der Waals surface area contributed by atoms with Crippen molar-refractivity contribution in [1.29, 1.82) is 0 Å². The first-order chi connectivity index (χ1) is 10.5. The molecule has 0 aromatic heterocycles. The fraction of sp³-hybridized carbons (Fsp3) is 0.750. The van der Waals surface area contributed by atoms with Crippen molar-refractivity contribution in [2.45, 2.75) is 57.9 Å². The highest BCUT2D eigenvalue weighted by molar-refractivity contribution is 7.98. The van der Waals surface area contributed by atoms with E-state index in [0.29, 0.717) is 6.42 Å². The topological polar surface area (TPSA) is 86.6 Å². The number of aliphatic carboxylic acids is 2. The van der Waals surface area contributed by atoms with Crippen LogP contribution in [0.1, 0.15) is 51.9 Å². The molecule has 5 nitrogen and oxygen atoms in total. The molecule has 0 fully saturated rings. The van der Waals surface area contributed by atoms with Crippen LogP contribution in [-0.2, 0) is 9.59 Å². The van der Waals surface area contributed by atoms with Crippen LogP contribution >= 0.6 is 11.8 Å². The summed E-state index contributed by atoms with van der Waals surface area (Å²) < 4.78 is 0. The summed E-state index contributed by atoms with van der Waals surface area (Å²) in [5, 5.41) is 19.7. The van der Waals surface area contributed by atoms with Crippen molar-refractivity contribution >= 4 is 23.7 Å². The molecule has 0 heterocycles. The maximum atomic E-state index is 10.9. The van der Waals surface area contributed by atoms with E-state index in [9.17, 15) is 9.59 Å². The summed E-state index contributed by atoms with van der Waals surface area (Å²) in [4.78, 5) is 20.2. The van der Waals surface area contributed by atoms with E-state index in [1.807, 2.05) is 6.26 Å². The molecular formula is C16H31NO4S. The van der Waals surface area contributed by atoms with E-state index in [-0.39, 0.29) is 6.04 Å². The highest BCUT2D eigenvalue weighted by Gasteiger charge is 2.15. The second-order valence-electron chi connectivity index (χ2n) is 4.94. The largest absolute Gasteiger partial charge is 0.480 e. The molecule has 0 bridgehead atoms. The predicted octanol–water partition coefficient (Wildman–Crippen LogP) is 3.40. The van der Waals surface area contributed by atoms with Crippen LogP contribution in [0.3, 0.4) is 0 Å². The summed E-state index contributed by atoms with van der Waals surface area (Å²) in [6, 6.07) is -0.363. The lowest BCUT2D eigenvalue weighted by Crippen LogP contribution is -2.37. The van der Waals surface area contributed by atoms with E-state index < -0.39 is 11.9 Å². The van der Waals surface area contributed by atoms with E-state index in [4.69, 9.17) is 10.2 Å². The smallest absolute Gasteiger partial charge is 0.327 e. The van der Waals surface area contributed by atoms with Gasteiger partial charge in [-0.25, -0.2) is 4.79 Å². The van der Waals surface area contributed by atoms with Gasteiger partial charge in [0.1, 0.15) is 6.04 Å². The van der Waals surface area contributed by atoms with Gasteiger partial charge in [0, 0.05) is 6.08 Å². The minimum atomic E-state index is -0.981. The van der Waals surface area contributed by atoms with Gasteiger partial charge in [-0.05, 0) is 31.4 Å². The van der Waals surface area contributed by atoms with E-state index in [1.165, 1.54) is 32.1 Å². The molecule has 0 rings (SSSR count). The van der Waals surface area contributed by atoms with Crippen molar-refractivity contribution in [3.63, 3.8) is 0 Å². The number of hydrogen-bond donors (Lipinski definition) is 3. The third-order valence-electron chi connectivity index (χ3n) is 3.00. The van der Waals surface area contributed by atoms with Gasteiger partial charge in [0.25, 0.3) is 0 Å². The van der Waals surface area contributed by atoms with Crippen molar-refractivity contribution in [2.75, 3.05) is 18.6 Å². The summed E-state index contributed by atoms with van der Waals surface area (Å²) >= 11 is 1.70. The molecular weight excluding hydrogens is 302 g/mol. The molecule has 0 radical (unpaired) electrons. The number of hydrogen-bond acceptors (Lipinski definition) is 4. The molecule has 0 aliphatic rings. The van der Waals surface area contributed by atoms with Crippen LogP contribution in [0.25, 0.3) is 0 Å². The van der Waals surface area contributed by atoms with Gasteiger partial charge >= 0.3 is 11.9 Å². The normalized spacial score (nSPS) is 11.2. The minimum absolute atomic E-state index is 0.363. The zero-order chi connectivity index (χ0) is 17.2. The molecule has 0 amide bonds. The van der Waals surface area contributed by atoms with Gasteiger partial charge in [-0.3, -0.25) is 4.79 Å². The van der Waals surface area contributed by atoms with Crippen molar-refractivity contribution in [2.24, 2.45) is 0 Å². The lowest BCUT2D eigenvalue weighted by molar-refractivity contribution is -0.139. The first-order valence-corrected chi connectivity index (χ1v) is 9.19. The Hall–Kier alpha value is -1.01. The number of nitrogens with one attached hydrogen (secondary N) is 1. The third kappa shape index (κ3) is 19.0. The van der Waals surface area contributed by atoms with Gasteiger partial charge in [-0.15, -0.1) is 0 Å². The summed E-state index contributed by atoms with van der Waals surface area (Å²) in [7, 11) is 0. The molecule has 130 valence electrons. The van der Waals surface area contributed by atoms with Crippen LogP contribution in [0, 0.1) is 0 Å². The van der Waals surface area contributed by atoms with Gasteiger partial charge in [0.2, 0.25) is 0 Å². The fourth-order valence-electron chi connectivity index (χ4n) is 1.73. The second-order valence-corrected chi connectivity index (χ2v) is 5.92. The zero-order valence-electron chi connectivity index (χ0n) is 13.8. The SMILES string of the molecule is C=CC(=O)O.CCCCCCCCN[C@@H](CCSC)C(=O)O. The Balaban J connectivity index is 0. The van der Waals surface area contributed by atoms with Crippen molar-refractivity contribution in [3.8, 4) is 0 Å². The molecule has 0 unspecified atom stereocenters. The fourth-order valence-corrected chi connectivity index (χ4v) is 2.20. The van der Waals surface area contributed by atoms with Crippen molar-refractivity contribution in [1.82, 2.24) is 5.32 Å². The average molecular weight is 333 g/mol. The van der Waals surface area contributed by atoms with Crippen LogP contribution in [0.5, 0.6) is 0 Å². The van der Waals surface area contributed by atoms with Gasteiger partial charge in [0.05, 0.1) is 0 Å². The number of carbonyl (C=O) groups is 2.